The molecule has 0 aromatic heterocycles. The Kier molecular flexibility index (Phi) is 8.41. The molecule has 1 aliphatic rings. The quantitative estimate of drug-likeness (QED) is 0.345. The fourth-order valence-electron chi connectivity index (χ4n) is 2.42. The van der Waals surface area contributed by atoms with Gasteiger partial charge in [0.1, 0.15) is 0 Å². The van der Waals surface area contributed by atoms with Crippen LogP contribution in [0, 0.1) is 5.92 Å². The standard InChI is InChI=1S/C19H33N/c1-5-7-9-10-11-12-17(3)16-20(15-8-6-2)18(4)19-13-14-19/h7,9,12,19H,4-6,8,10-11,13-16H2,1-3H3/b9-7-,17-12+. The summed E-state index contributed by atoms with van der Waals surface area (Å²) in [4.78, 5) is 2.52. The maximum atomic E-state index is 4.33. The first-order valence-corrected chi connectivity index (χ1v) is 8.43. The smallest absolute Gasteiger partial charge is 0.0383 e. The van der Waals surface area contributed by atoms with E-state index in [-0.39, 0.29) is 0 Å². The lowest BCUT2D eigenvalue weighted by molar-refractivity contribution is 0.346. The molecule has 0 aromatic carbocycles. The van der Waals surface area contributed by atoms with E-state index in [0.29, 0.717) is 0 Å². The predicted octanol–water partition coefficient (Wildman–Crippen LogP) is 5.70. The highest BCUT2D eigenvalue weighted by atomic mass is 15.1. The first kappa shape index (κ1) is 17.1. The Morgan fingerprint density at radius 3 is 2.55 bits per heavy atom. The molecule has 0 saturated heterocycles. The molecular weight excluding hydrogens is 242 g/mol. The maximum Gasteiger partial charge on any atom is 0.0383 e. The first-order valence-electron chi connectivity index (χ1n) is 8.43. The first-order chi connectivity index (χ1) is 9.69. The summed E-state index contributed by atoms with van der Waals surface area (Å²) >= 11 is 0. The van der Waals surface area contributed by atoms with Crippen molar-refractivity contribution in [2.75, 3.05) is 13.1 Å². The van der Waals surface area contributed by atoms with Crippen molar-refractivity contribution in [1.29, 1.82) is 0 Å². The zero-order valence-corrected chi connectivity index (χ0v) is 13.8. The van der Waals surface area contributed by atoms with Crippen LogP contribution in [0.2, 0.25) is 0 Å². The number of nitrogens with zero attached hydrogens (tertiary/aromatic N) is 1. The summed E-state index contributed by atoms with van der Waals surface area (Å²) in [5.41, 5.74) is 2.88. The second-order valence-electron chi connectivity index (χ2n) is 6.05. The number of hydrogen-bond donors (Lipinski definition) is 0. The van der Waals surface area contributed by atoms with Crippen LogP contribution in [0.15, 0.2) is 36.1 Å². The minimum absolute atomic E-state index is 0.784. The number of hydrogen-bond acceptors (Lipinski definition) is 1. The molecule has 1 fully saturated rings. The van der Waals surface area contributed by atoms with E-state index < -0.39 is 0 Å². The molecule has 1 aliphatic carbocycles. The molecule has 1 heteroatoms. The van der Waals surface area contributed by atoms with Gasteiger partial charge in [0.05, 0.1) is 0 Å². The summed E-state index contributed by atoms with van der Waals surface area (Å²) in [6.45, 7) is 13.3. The van der Waals surface area contributed by atoms with Crippen molar-refractivity contribution in [3.05, 3.63) is 36.1 Å². The molecule has 0 aromatic rings. The molecule has 1 rings (SSSR count). The monoisotopic (exact) mass is 275 g/mol. The summed E-state index contributed by atoms with van der Waals surface area (Å²) in [6.07, 6.45) is 15.7. The van der Waals surface area contributed by atoms with Crippen LogP contribution in [0.1, 0.15) is 65.7 Å². The van der Waals surface area contributed by atoms with E-state index in [9.17, 15) is 0 Å². The zero-order chi connectivity index (χ0) is 14.8. The second-order valence-corrected chi connectivity index (χ2v) is 6.05. The Bertz CT molecular complexity index is 334. The van der Waals surface area contributed by atoms with Gasteiger partial charge < -0.3 is 4.90 Å². The summed E-state index contributed by atoms with van der Waals surface area (Å²) in [5, 5.41) is 0. The van der Waals surface area contributed by atoms with Gasteiger partial charge in [-0.2, -0.15) is 0 Å². The lowest BCUT2D eigenvalue weighted by atomic mass is 10.1. The van der Waals surface area contributed by atoms with Crippen LogP contribution < -0.4 is 0 Å². The highest BCUT2D eigenvalue weighted by molar-refractivity contribution is 5.11. The van der Waals surface area contributed by atoms with Gasteiger partial charge in [-0.15, -0.1) is 0 Å². The lowest BCUT2D eigenvalue weighted by Gasteiger charge is -2.27. The van der Waals surface area contributed by atoms with Gasteiger partial charge >= 0.3 is 0 Å². The maximum absolute atomic E-state index is 4.33. The molecule has 0 atom stereocenters. The third-order valence-electron chi connectivity index (χ3n) is 3.91. The van der Waals surface area contributed by atoms with E-state index in [2.05, 4.69) is 50.5 Å². The van der Waals surface area contributed by atoms with E-state index in [1.807, 2.05) is 0 Å². The van der Waals surface area contributed by atoms with Crippen molar-refractivity contribution in [2.45, 2.75) is 65.7 Å². The normalized spacial score (nSPS) is 15.8. The molecule has 1 saturated carbocycles. The van der Waals surface area contributed by atoms with Crippen molar-refractivity contribution < 1.29 is 0 Å². The highest BCUT2D eigenvalue weighted by Gasteiger charge is 2.27. The van der Waals surface area contributed by atoms with Gasteiger partial charge in [-0.3, -0.25) is 0 Å². The fourth-order valence-corrected chi connectivity index (χ4v) is 2.42. The van der Waals surface area contributed by atoms with Crippen LogP contribution in [-0.2, 0) is 0 Å². The topological polar surface area (TPSA) is 3.24 Å². The van der Waals surface area contributed by atoms with Crippen molar-refractivity contribution in [2.24, 2.45) is 5.92 Å². The molecule has 0 aliphatic heterocycles. The average molecular weight is 275 g/mol. The third kappa shape index (κ3) is 6.98. The van der Waals surface area contributed by atoms with E-state index in [0.717, 1.165) is 18.9 Å². The molecule has 0 heterocycles. The largest absolute Gasteiger partial charge is 0.371 e. The van der Waals surface area contributed by atoms with Crippen molar-refractivity contribution in [1.82, 2.24) is 4.90 Å². The van der Waals surface area contributed by atoms with Gasteiger partial charge in [0.15, 0.2) is 0 Å². The second kappa shape index (κ2) is 9.85. The van der Waals surface area contributed by atoms with Gasteiger partial charge in [-0.05, 0) is 51.4 Å². The predicted molar refractivity (Wildman–Crippen MR) is 90.8 cm³/mol. The minimum Gasteiger partial charge on any atom is -0.371 e. The molecule has 0 unspecified atom stereocenters. The van der Waals surface area contributed by atoms with Crippen LogP contribution in [0.25, 0.3) is 0 Å². The molecule has 0 amide bonds. The van der Waals surface area contributed by atoms with Crippen LogP contribution in [0.3, 0.4) is 0 Å². The number of unbranched alkanes of at least 4 members (excludes halogenated alkanes) is 2. The molecule has 0 spiro atoms. The van der Waals surface area contributed by atoms with Crippen LogP contribution in [-0.4, -0.2) is 18.0 Å². The molecule has 0 N–H and O–H groups in total. The van der Waals surface area contributed by atoms with Crippen LogP contribution in [0.4, 0.5) is 0 Å². The van der Waals surface area contributed by atoms with Crippen molar-refractivity contribution in [3.63, 3.8) is 0 Å². The molecule has 0 radical (unpaired) electrons. The number of rotatable bonds is 11. The van der Waals surface area contributed by atoms with E-state index in [1.54, 1.807) is 0 Å². The summed E-state index contributed by atoms with van der Waals surface area (Å²) in [6, 6.07) is 0. The lowest BCUT2D eigenvalue weighted by Crippen LogP contribution is -2.26. The van der Waals surface area contributed by atoms with Crippen molar-refractivity contribution >= 4 is 0 Å². The fraction of sp³-hybridized carbons (Fsp3) is 0.684. The van der Waals surface area contributed by atoms with Gasteiger partial charge in [-0.1, -0.05) is 50.6 Å². The van der Waals surface area contributed by atoms with Gasteiger partial charge in [0.2, 0.25) is 0 Å². The summed E-state index contributed by atoms with van der Waals surface area (Å²) in [7, 11) is 0. The van der Waals surface area contributed by atoms with Gasteiger partial charge in [0, 0.05) is 18.8 Å². The molecule has 114 valence electrons. The van der Waals surface area contributed by atoms with Gasteiger partial charge in [0.25, 0.3) is 0 Å². The minimum atomic E-state index is 0.784. The number of allylic oxidation sites excluding steroid dienone is 4. The zero-order valence-electron chi connectivity index (χ0n) is 13.8. The average Bonchev–Trinajstić information content (AvgIpc) is 3.27. The van der Waals surface area contributed by atoms with E-state index in [4.69, 9.17) is 0 Å². The molecule has 0 bridgehead atoms. The Morgan fingerprint density at radius 1 is 1.20 bits per heavy atom. The third-order valence-corrected chi connectivity index (χ3v) is 3.91. The van der Waals surface area contributed by atoms with Gasteiger partial charge in [-0.25, -0.2) is 0 Å². The highest BCUT2D eigenvalue weighted by Crippen LogP contribution is 2.37. The van der Waals surface area contributed by atoms with Crippen molar-refractivity contribution in [3.8, 4) is 0 Å². The Hall–Kier alpha value is -0.980. The summed E-state index contributed by atoms with van der Waals surface area (Å²) < 4.78 is 0. The van der Waals surface area contributed by atoms with E-state index in [1.165, 1.54) is 56.3 Å². The summed E-state index contributed by atoms with van der Waals surface area (Å²) in [5.74, 6) is 0.784. The Labute approximate surface area is 126 Å². The SMILES string of the molecule is C=C(C1CC1)N(CCCC)C/C(C)=C/CC/C=C\CC. The van der Waals surface area contributed by atoms with Crippen LogP contribution in [0.5, 0.6) is 0 Å². The molecule has 1 nitrogen and oxygen atoms in total. The molecular formula is C19H33N. The Balaban J connectivity index is 2.39. The van der Waals surface area contributed by atoms with Crippen LogP contribution >= 0.6 is 0 Å². The Morgan fingerprint density at radius 2 is 1.95 bits per heavy atom. The van der Waals surface area contributed by atoms with E-state index >= 15 is 0 Å². The molecule has 20 heavy (non-hydrogen) atoms.